The molecular weight excluding hydrogens is 254 g/mol. The number of nitrogens with zero attached hydrogens (tertiary/aromatic N) is 2. The predicted molar refractivity (Wildman–Crippen MR) is 80.0 cm³/mol. The summed E-state index contributed by atoms with van der Waals surface area (Å²) < 4.78 is 5.58. The van der Waals surface area contributed by atoms with Gasteiger partial charge < -0.3 is 20.3 Å². The van der Waals surface area contributed by atoms with E-state index in [4.69, 9.17) is 10.5 Å². The van der Waals surface area contributed by atoms with Crippen LogP contribution in [0.25, 0.3) is 0 Å². The maximum absolute atomic E-state index is 12.4. The molecule has 1 aromatic carbocycles. The lowest BCUT2D eigenvalue weighted by Crippen LogP contribution is -2.47. The Bertz CT molecular complexity index is 480. The van der Waals surface area contributed by atoms with Crippen molar-refractivity contribution in [2.45, 2.75) is 20.0 Å². The summed E-state index contributed by atoms with van der Waals surface area (Å²) in [6.07, 6.45) is 0.0662. The molecule has 0 saturated carbocycles. The van der Waals surface area contributed by atoms with Crippen molar-refractivity contribution in [1.82, 2.24) is 9.80 Å². The number of nitrogen functional groups attached to an aromatic ring is 1. The molecule has 2 N–H and O–H groups in total. The van der Waals surface area contributed by atoms with Crippen LogP contribution in [0.4, 0.5) is 5.69 Å². The number of nitrogens with two attached hydrogens (primary N) is 1. The number of rotatable bonds is 3. The standard InChI is InChI=1S/C15H23N3O2/c1-11(2)20-14-5-4-12(10-13(14)16)15(19)18-8-6-17(3)7-9-18/h4-5,10-11H,6-9,16H2,1-3H3. The minimum atomic E-state index is 0.0425. The summed E-state index contributed by atoms with van der Waals surface area (Å²) in [5, 5.41) is 0. The molecule has 110 valence electrons. The lowest BCUT2D eigenvalue weighted by atomic mass is 10.1. The van der Waals surface area contributed by atoms with E-state index in [1.165, 1.54) is 0 Å². The quantitative estimate of drug-likeness (QED) is 0.849. The summed E-state index contributed by atoms with van der Waals surface area (Å²) in [5.41, 5.74) is 7.10. The number of amides is 1. The molecule has 0 atom stereocenters. The molecule has 1 aliphatic heterocycles. The van der Waals surface area contributed by atoms with Gasteiger partial charge in [0.05, 0.1) is 11.8 Å². The zero-order valence-corrected chi connectivity index (χ0v) is 12.4. The van der Waals surface area contributed by atoms with E-state index in [2.05, 4.69) is 11.9 Å². The fraction of sp³-hybridized carbons (Fsp3) is 0.533. The third kappa shape index (κ3) is 3.42. The third-order valence-corrected chi connectivity index (χ3v) is 3.41. The maximum atomic E-state index is 12.4. The molecule has 0 unspecified atom stereocenters. The van der Waals surface area contributed by atoms with E-state index in [1.54, 1.807) is 18.2 Å². The Balaban J connectivity index is 2.09. The van der Waals surface area contributed by atoms with Crippen LogP contribution < -0.4 is 10.5 Å². The first-order chi connectivity index (χ1) is 9.47. The largest absolute Gasteiger partial charge is 0.489 e. The highest BCUT2D eigenvalue weighted by Crippen LogP contribution is 2.24. The van der Waals surface area contributed by atoms with E-state index < -0.39 is 0 Å². The van der Waals surface area contributed by atoms with Crippen LogP contribution >= 0.6 is 0 Å². The molecule has 20 heavy (non-hydrogen) atoms. The van der Waals surface area contributed by atoms with E-state index in [0.29, 0.717) is 17.0 Å². The van der Waals surface area contributed by atoms with Gasteiger partial charge in [-0.25, -0.2) is 0 Å². The van der Waals surface area contributed by atoms with Crippen molar-refractivity contribution in [3.8, 4) is 5.75 Å². The van der Waals surface area contributed by atoms with Crippen molar-refractivity contribution < 1.29 is 9.53 Å². The van der Waals surface area contributed by atoms with Crippen LogP contribution in [0, 0.1) is 0 Å². The molecule has 1 aliphatic rings. The Morgan fingerprint density at radius 3 is 2.45 bits per heavy atom. The molecule has 2 rings (SSSR count). The molecule has 1 fully saturated rings. The molecule has 1 aromatic rings. The second kappa shape index (κ2) is 6.13. The monoisotopic (exact) mass is 277 g/mol. The summed E-state index contributed by atoms with van der Waals surface area (Å²) in [7, 11) is 2.07. The van der Waals surface area contributed by atoms with E-state index in [9.17, 15) is 4.79 Å². The second-order valence-electron chi connectivity index (χ2n) is 5.51. The van der Waals surface area contributed by atoms with E-state index >= 15 is 0 Å². The molecule has 0 bridgehead atoms. The first-order valence-corrected chi connectivity index (χ1v) is 7.01. The molecule has 0 aliphatic carbocycles. The highest BCUT2D eigenvalue weighted by atomic mass is 16.5. The minimum Gasteiger partial charge on any atom is -0.489 e. The number of carbonyl (C=O) groups excluding carboxylic acids is 1. The lowest BCUT2D eigenvalue weighted by Gasteiger charge is -2.32. The lowest BCUT2D eigenvalue weighted by molar-refractivity contribution is 0.0664. The zero-order valence-electron chi connectivity index (χ0n) is 12.4. The van der Waals surface area contributed by atoms with Crippen LogP contribution in [0.3, 0.4) is 0 Å². The molecule has 1 heterocycles. The average molecular weight is 277 g/mol. The summed E-state index contributed by atoms with van der Waals surface area (Å²) in [6.45, 7) is 7.25. The van der Waals surface area contributed by atoms with Crippen LogP contribution in [0.2, 0.25) is 0 Å². The number of benzene rings is 1. The van der Waals surface area contributed by atoms with Crippen molar-refractivity contribution in [2.75, 3.05) is 39.0 Å². The van der Waals surface area contributed by atoms with Crippen molar-refractivity contribution in [3.05, 3.63) is 23.8 Å². The highest BCUT2D eigenvalue weighted by molar-refractivity contribution is 5.95. The van der Waals surface area contributed by atoms with Gasteiger partial charge in [0.15, 0.2) is 0 Å². The van der Waals surface area contributed by atoms with Crippen LogP contribution in [0.1, 0.15) is 24.2 Å². The van der Waals surface area contributed by atoms with Crippen LogP contribution in [-0.4, -0.2) is 55.0 Å². The first-order valence-electron chi connectivity index (χ1n) is 7.01. The molecule has 0 aromatic heterocycles. The molecule has 0 spiro atoms. The van der Waals surface area contributed by atoms with Gasteiger partial charge in [-0.3, -0.25) is 4.79 Å². The van der Waals surface area contributed by atoms with Gasteiger partial charge in [0.1, 0.15) is 5.75 Å². The van der Waals surface area contributed by atoms with Crippen LogP contribution in [0.5, 0.6) is 5.75 Å². The van der Waals surface area contributed by atoms with Crippen molar-refractivity contribution >= 4 is 11.6 Å². The molecule has 5 nitrogen and oxygen atoms in total. The van der Waals surface area contributed by atoms with Gasteiger partial charge in [-0.2, -0.15) is 0 Å². The van der Waals surface area contributed by atoms with Gasteiger partial charge in [-0.1, -0.05) is 0 Å². The zero-order chi connectivity index (χ0) is 14.7. The Labute approximate surface area is 120 Å². The fourth-order valence-corrected chi connectivity index (χ4v) is 2.23. The Hall–Kier alpha value is -1.75. The SMILES string of the molecule is CC(C)Oc1ccc(C(=O)N2CCN(C)CC2)cc1N. The number of ether oxygens (including phenoxy) is 1. The predicted octanol–water partition coefficient (Wildman–Crippen LogP) is 1.44. The Morgan fingerprint density at radius 1 is 1.25 bits per heavy atom. The molecule has 1 saturated heterocycles. The van der Waals surface area contributed by atoms with Gasteiger partial charge in [-0.05, 0) is 39.1 Å². The van der Waals surface area contributed by atoms with E-state index in [1.807, 2.05) is 18.7 Å². The van der Waals surface area contributed by atoms with Gasteiger partial charge in [0.2, 0.25) is 0 Å². The third-order valence-electron chi connectivity index (χ3n) is 3.41. The van der Waals surface area contributed by atoms with Gasteiger partial charge >= 0.3 is 0 Å². The molecular formula is C15H23N3O2. The fourth-order valence-electron chi connectivity index (χ4n) is 2.23. The summed E-state index contributed by atoms with van der Waals surface area (Å²) in [4.78, 5) is 16.5. The van der Waals surface area contributed by atoms with Crippen LogP contribution in [-0.2, 0) is 0 Å². The van der Waals surface area contributed by atoms with E-state index in [-0.39, 0.29) is 12.0 Å². The molecule has 1 amide bonds. The molecule has 0 radical (unpaired) electrons. The average Bonchev–Trinajstić information content (AvgIpc) is 2.41. The number of carbonyl (C=O) groups is 1. The number of likely N-dealkylation sites (N-methyl/N-ethyl adjacent to an activating group) is 1. The smallest absolute Gasteiger partial charge is 0.254 e. The first kappa shape index (κ1) is 14.7. The van der Waals surface area contributed by atoms with Crippen LogP contribution in [0.15, 0.2) is 18.2 Å². The summed E-state index contributed by atoms with van der Waals surface area (Å²) in [5.74, 6) is 0.677. The number of anilines is 1. The Kier molecular flexibility index (Phi) is 4.49. The van der Waals surface area contributed by atoms with Crippen molar-refractivity contribution in [1.29, 1.82) is 0 Å². The highest BCUT2D eigenvalue weighted by Gasteiger charge is 2.21. The van der Waals surface area contributed by atoms with Gasteiger partial charge in [0.25, 0.3) is 5.91 Å². The summed E-state index contributed by atoms with van der Waals surface area (Å²) in [6, 6.07) is 5.27. The van der Waals surface area contributed by atoms with Gasteiger partial charge in [0, 0.05) is 31.7 Å². The van der Waals surface area contributed by atoms with Gasteiger partial charge in [-0.15, -0.1) is 0 Å². The Morgan fingerprint density at radius 2 is 1.90 bits per heavy atom. The number of piperazine rings is 1. The maximum Gasteiger partial charge on any atom is 0.254 e. The number of hydrogen-bond donors (Lipinski definition) is 1. The summed E-state index contributed by atoms with van der Waals surface area (Å²) >= 11 is 0. The second-order valence-corrected chi connectivity index (χ2v) is 5.51. The topological polar surface area (TPSA) is 58.8 Å². The van der Waals surface area contributed by atoms with Crippen molar-refractivity contribution in [2.24, 2.45) is 0 Å². The number of hydrogen-bond acceptors (Lipinski definition) is 4. The minimum absolute atomic E-state index is 0.0425. The molecule has 5 heteroatoms. The van der Waals surface area contributed by atoms with Crippen molar-refractivity contribution in [3.63, 3.8) is 0 Å². The van der Waals surface area contributed by atoms with E-state index in [0.717, 1.165) is 26.2 Å². The normalized spacial score (nSPS) is 16.5.